The van der Waals surface area contributed by atoms with Gasteiger partial charge in [-0.15, -0.1) is 0 Å². The van der Waals surface area contributed by atoms with Crippen molar-refractivity contribution in [3.05, 3.63) is 70.8 Å². The Balaban J connectivity index is 1.97. The van der Waals surface area contributed by atoms with Crippen molar-refractivity contribution in [2.75, 3.05) is 5.32 Å². The SMILES string of the molecule is O=[N+]([O-])c1ccccc1Nc1cc(-c2cc(F)cnc2F)ncn1. The third kappa shape index (κ3) is 3.14. The van der Waals surface area contributed by atoms with Crippen LogP contribution in [-0.2, 0) is 0 Å². The Morgan fingerprint density at radius 3 is 2.67 bits per heavy atom. The van der Waals surface area contributed by atoms with Crippen LogP contribution in [0.1, 0.15) is 0 Å². The zero-order valence-electron chi connectivity index (χ0n) is 12.0. The largest absolute Gasteiger partial charge is 0.335 e. The van der Waals surface area contributed by atoms with Crippen molar-refractivity contribution in [3.8, 4) is 11.3 Å². The molecule has 0 fully saturated rings. The molecule has 0 saturated heterocycles. The molecule has 0 aliphatic rings. The van der Waals surface area contributed by atoms with E-state index in [-0.39, 0.29) is 28.5 Å². The number of halogens is 2. The number of nitrogens with zero attached hydrogens (tertiary/aromatic N) is 4. The van der Waals surface area contributed by atoms with Crippen molar-refractivity contribution in [2.45, 2.75) is 0 Å². The Morgan fingerprint density at radius 2 is 1.88 bits per heavy atom. The second kappa shape index (κ2) is 6.32. The Bertz CT molecular complexity index is 920. The Hall–Kier alpha value is -3.49. The molecule has 0 aliphatic carbocycles. The summed E-state index contributed by atoms with van der Waals surface area (Å²) in [6.45, 7) is 0. The van der Waals surface area contributed by atoms with Gasteiger partial charge in [0, 0.05) is 12.1 Å². The van der Waals surface area contributed by atoms with Gasteiger partial charge < -0.3 is 5.32 Å². The van der Waals surface area contributed by atoms with E-state index in [9.17, 15) is 18.9 Å². The van der Waals surface area contributed by atoms with Gasteiger partial charge in [0.1, 0.15) is 23.6 Å². The molecule has 1 aromatic carbocycles. The molecule has 0 bridgehead atoms. The Kier molecular flexibility index (Phi) is 4.06. The van der Waals surface area contributed by atoms with Gasteiger partial charge >= 0.3 is 0 Å². The van der Waals surface area contributed by atoms with Gasteiger partial charge in [-0.05, 0) is 12.1 Å². The molecule has 0 unspecified atom stereocenters. The summed E-state index contributed by atoms with van der Waals surface area (Å²) >= 11 is 0. The molecule has 0 spiro atoms. The standard InChI is InChI=1S/C15H9F2N5O2/c16-9-5-10(15(17)18-7-9)12-6-14(20-8-19-12)21-11-3-1-2-4-13(11)22(23)24/h1-8H,(H,19,20,21). The van der Waals surface area contributed by atoms with Gasteiger partial charge in [-0.1, -0.05) is 12.1 Å². The molecule has 2 aromatic heterocycles. The molecule has 3 aromatic rings. The Labute approximate surface area is 134 Å². The third-order valence-electron chi connectivity index (χ3n) is 3.11. The summed E-state index contributed by atoms with van der Waals surface area (Å²) in [7, 11) is 0. The van der Waals surface area contributed by atoms with E-state index in [1.807, 2.05) is 0 Å². The molecule has 0 saturated carbocycles. The van der Waals surface area contributed by atoms with Crippen molar-refractivity contribution < 1.29 is 13.7 Å². The van der Waals surface area contributed by atoms with Crippen molar-refractivity contribution in [3.63, 3.8) is 0 Å². The third-order valence-corrected chi connectivity index (χ3v) is 3.11. The van der Waals surface area contributed by atoms with Gasteiger partial charge in [-0.2, -0.15) is 4.39 Å². The van der Waals surface area contributed by atoms with Crippen LogP contribution in [0.4, 0.5) is 26.0 Å². The number of para-hydroxylation sites is 2. The van der Waals surface area contributed by atoms with Crippen molar-refractivity contribution in [2.24, 2.45) is 0 Å². The fourth-order valence-corrected chi connectivity index (χ4v) is 2.05. The molecule has 3 rings (SSSR count). The van der Waals surface area contributed by atoms with Crippen LogP contribution in [0.15, 0.2) is 48.9 Å². The fourth-order valence-electron chi connectivity index (χ4n) is 2.05. The van der Waals surface area contributed by atoms with E-state index in [4.69, 9.17) is 0 Å². The molecule has 9 heteroatoms. The Morgan fingerprint density at radius 1 is 1.08 bits per heavy atom. The number of pyridine rings is 1. The summed E-state index contributed by atoms with van der Waals surface area (Å²) in [5.74, 6) is -1.40. The van der Waals surface area contributed by atoms with Gasteiger partial charge in [0.25, 0.3) is 5.69 Å². The summed E-state index contributed by atoms with van der Waals surface area (Å²) in [4.78, 5) is 21.6. The maximum atomic E-state index is 13.7. The number of nitro benzene ring substituents is 1. The first-order valence-electron chi connectivity index (χ1n) is 6.68. The fraction of sp³-hybridized carbons (Fsp3) is 0. The average Bonchev–Trinajstić information content (AvgIpc) is 2.57. The van der Waals surface area contributed by atoms with E-state index in [1.54, 1.807) is 6.07 Å². The van der Waals surface area contributed by atoms with Crippen molar-refractivity contribution in [1.82, 2.24) is 15.0 Å². The van der Waals surface area contributed by atoms with Crippen LogP contribution in [0.5, 0.6) is 0 Å². The lowest BCUT2D eigenvalue weighted by molar-refractivity contribution is -0.383. The normalized spacial score (nSPS) is 10.4. The van der Waals surface area contributed by atoms with Gasteiger partial charge in [0.2, 0.25) is 5.95 Å². The summed E-state index contributed by atoms with van der Waals surface area (Å²) < 4.78 is 27.0. The summed E-state index contributed by atoms with van der Waals surface area (Å²) in [6, 6.07) is 8.29. The van der Waals surface area contributed by atoms with Crippen molar-refractivity contribution >= 4 is 17.2 Å². The molecule has 0 radical (unpaired) electrons. The highest BCUT2D eigenvalue weighted by Gasteiger charge is 2.14. The lowest BCUT2D eigenvalue weighted by atomic mass is 10.2. The number of hydrogen-bond acceptors (Lipinski definition) is 6. The van der Waals surface area contributed by atoms with E-state index in [1.165, 1.54) is 24.3 Å². The maximum absolute atomic E-state index is 13.7. The summed E-state index contributed by atoms with van der Waals surface area (Å²) in [6.07, 6.45) is 1.89. The van der Waals surface area contributed by atoms with E-state index < -0.39 is 16.7 Å². The summed E-state index contributed by atoms with van der Waals surface area (Å²) in [5, 5.41) is 13.8. The second-order valence-corrected chi connectivity index (χ2v) is 4.68. The number of nitrogens with one attached hydrogen (secondary N) is 1. The molecule has 24 heavy (non-hydrogen) atoms. The zero-order chi connectivity index (χ0) is 17.1. The number of anilines is 2. The molecule has 7 nitrogen and oxygen atoms in total. The zero-order valence-corrected chi connectivity index (χ0v) is 12.0. The number of aromatic nitrogens is 3. The topological polar surface area (TPSA) is 93.8 Å². The molecular weight excluding hydrogens is 320 g/mol. The molecule has 0 amide bonds. The van der Waals surface area contributed by atoms with Crippen LogP contribution in [0.3, 0.4) is 0 Å². The van der Waals surface area contributed by atoms with Gasteiger partial charge in [-0.25, -0.2) is 19.3 Å². The highest BCUT2D eigenvalue weighted by molar-refractivity contribution is 5.70. The van der Waals surface area contributed by atoms with Crippen LogP contribution in [0.2, 0.25) is 0 Å². The van der Waals surface area contributed by atoms with E-state index >= 15 is 0 Å². The van der Waals surface area contributed by atoms with E-state index in [2.05, 4.69) is 20.3 Å². The predicted molar refractivity (Wildman–Crippen MR) is 81.6 cm³/mol. The van der Waals surface area contributed by atoms with Crippen LogP contribution >= 0.6 is 0 Å². The molecular formula is C15H9F2N5O2. The predicted octanol–water partition coefficient (Wildman–Crippen LogP) is 3.47. The minimum atomic E-state index is -0.883. The first-order chi connectivity index (χ1) is 11.5. The minimum absolute atomic E-state index is 0.0931. The minimum Gasteiger partial charge on any atom is -0.335 e. The van der Waals surface area contributed by atoms with Gasteiger partial charge in [-0.3, -0.25) is 10.1 Å². The van der Waals surface area contributed by atoms with E-state index in [0.717, 1.165) is 18.6 Å². The highest BCUT2D eigenvalue weighted by Crippen LogP contribution is 2.28. The van der Waals surface area contributed by atoms with Gasteiger partial charge in [0.15, 0.2) is 0 Å². The van der Waals surface area contributed by atoms with Crippen LogP contribution in [0.25, 0.3) is 11.3 Å². The molecule has 120 valence electrons. The molecule has 0 aliphatic heterocycles. The molecule has 2 heterocycles. The van der Waals surface area contributed by atoms with Crippen LogP contribution < -0.4 is 5.32 Å². The average molecular weight is 329 g/mol. The number of hydrogen-bond donors (Lipinski definition) is 1. The first-order valence-corrected chi connectivity index (χ1v) is 6.68. The van der Waals surface area contributed by atoms with Crippen molar-refractivity contribution in [1.29, 1.82) is 0 Å². The second-order valence-electron chi connectivity index (χ2n) is 4.68. The number of rotatable bonds is 4. The van der Waals surface area contributed by atoms with Gasteiger partial charge in [0.05, 0.1) is 22.4 Å². The smallest absolute Gasteiger partial charge is 0.292 e. The lowest BCUT2D eigenvalue weighted by Gasteiger charge is -2.08. The number of nitro groups is 1. The highest BCUT2D eigenvalue weighted by atomic mass is 19.1. The lowest BCUT2D eigenvalue weighted by Crippen LogP contribution is -2.00. The van der Waals surface area contributed by atoms with E-state index in [0.29, 0.717) is 0 Å². The van der Waals surface area contributed by atoms with Crippen LogP contribution in [0, 0.1) is 21.9 Å². The summed E-state index contributed by atoms with van der Waals surface area (Å²) in [5.41, 5.74) is 0.0276. The van der Waals surface area contributed by atoms with Crippen LogP contribution in [-0.4, -0.2) is 19.9 Å². The first kappa shape index (κ1) is 15.4. The number of benzene rings is 1. The monoisotopic (exact) mass is 329 g/mol. The molecule has 0 atom stereocenters. The quantitative estimate of drug-likeness (QED) is 0.447. The molecule has 1 N–H and O–H groups in total. The maximum Gasteiger partial charge on any atom is 0.292 e.